The lowest BCUT2D eigenvalue weighted by Gasteiger charge is -2.21. The van der Waals surface area contributed by atoms with Crippen LogP contribution in [0.4, 0.5) is 0 Å². The van der Waals surface area contributed by atoms with E-state index in [0.717, 1.165) is 89.9 Å². The summed E-state index contributed by atoms with van der Waals surface area (Å²) in [5.74, 6) is -2.12. The average molecular weight is 1350 g/mol. The molecule has 0 radical (unpaired) electrons. The lowest BCUT2D eigenvalue weighted by Crippen LogP contribution is -2.30. The van der Waals surface area contributed by atoms with E-state index >= 15 is 0 Å². The number of hydrogen-bond donors (Lipinski definition) is 3. The Hall–Kier alpha value is -1.94. The monoisotopic (exact) mass is 1350 g/mol. The first kappa shape index (κ1) is 90.1. The van der Waals surface area contributed by atoms with Crippen molar-refractivity contribution < 1.29 is 80.2 Å². The van der Waals surface area contributed by atoms with Crippen LogP contribution in [0.3, 0.4) is 0 Å². The van der Waals surface area contributed by atoms with Crippen LogP contribution in [0.25, 0.3) is 0 Å². The largest absolute Gasteiger partial charge is 0.472 e. The lowest BCUT2D eigenvalue weighted by atomic mass is 10.0. The summed E-state index contributed by atoms with van der Waals surface area (Å²) >= 11 is 0. The molecule has 0 aliphatic carbocycles. The smallest absolute Gasteiger partial charge is 0.462 e. The number of carbonyl (C=O) groups excluding carboxylic acids is 4. The van der Waals surface area contributed by atoms with E-state index in [2.05, 4.69) is 27.7 Å². The topological polar surface area (TPSA) is 237 Å². The Morgan fingerprint density at radius 2 is 0.435 bits per heavy atom. The zero-order chi connectivity index (χ0) is 67.5. The van der Waals surface area contributed by atoms with Gasteiger partial charge in [0.05, 0.1) is 26.4 Å². The number of hydrogen-bond acceptors (Lipinski definition) is 15. The first-order valence-corrected chi connectivity index (χ1v) is 41.3. The van der Waals surface area contributed by atoms with Crippen molar-refractivity contribution in [3.05, 3.63) is 0 Å². The van der Waals surface area contributed by atoms with Gasteiger partial charge in [0.2, 0.25) is 0 Å². The van der Waals surface area contributed by atoms with E-state index in [1.165, 1.54) is 218 Å². The van der Waals surface area contributed by atoms with Crippen molar-refractivity contribution in [2.75, 3.05) is 39.6 Å². The van der Waals surface area contributed by atoms with Crippen LogP contribution in [-0.4, -0.2) is 96.7 Å². The van der Waals surface area contributed by atoms with E-state index in [1.54, 1.807) is 0 Å². The summed E-state index contributed by atoms with van der Waals surface area (Å²) in [5.41, 5.74) is 0. The van der Waals surface area contributed by atoms with Gasteiger partial charge in [-0.2, -0.15) is 0 Å². The number of unbranched alkanes of at least 4 members (excludes halogenated alkanes) is 48. The van der Waals surface area contributed by atoms with Crippen LogP contribution in [0.15, 0.2) is 0 Å². The Bertz CT molecular complexity index is 1760. The Kier molecular flexibility index (Phi) is 66.2. The Morgan fingerprint density at radius 3 is 0.641 bits per heavy atom. The molecule has 0 aliphatic rings. The average Bonchev–Trinajstić information content (AvgIpc) is 3.37. The van der Waals surface area contributed by atoms with Gasteiger partial charge >= 0.3 is 39.5 Å². The second kappa shape index (κ2) is 67.6. The maximum Gasteiger partial charge on any atom is 0.472 e. The van der Waals surface area contributed by atoms with Gasteiger partial charge in [-0.3, -0.25) is 37.3 Å². The van der Waals surface area contributed by atoms with Crippen molar-refractivity contribution in [3.8, 4) is 0 Å². The first-order valence-electron chi connectivity index (χ1n) is 38.3. The SMILES string of the molecule is CCCCCCCCCCCCCCCCCCCCCCCCC(=O)O[C@H](COC(=O)CCCCCCCCCCCCC)COP(=O)(O)OC[C@@H](O)COP(=O)(O)OC[C@@H](COC(=O)CCCCCCCCCCC)OC(=O)CCCCCCCCCCCC. The highest BCUT2D eigenvalue weighted by atomic mass is 31.2. The van der Waals surface area contributed by atoms with Crippen LogP contribution in [-0.2, 0) is 65.4 Å². The molecular formula is C73H142O17P2. The molecule has 5 atom stereocenters. The van der Waals surface area contributed by atoms with E-state index in [1.807, 2.05) is 0 Å². The molecule has 0 aromatic rings. The predicted octanol–water partition coefficient (Wildman–Crippen LogP) is 21.4. The van der Waals surface area contributed by atoms with Crippen molar-refractivity contribution in [1.82, 2.24) is 0 Å². The number of aliphatic hydroxyl groups excluding tert-OH is 1. The van der Waals surface area contributed by atoms with Gasteiger partial charge in [0, 0.05) is 25.7 Å². The zero-order valence-electron chi connectivity index (χ0n) is 59.5. The minimum atomic E-state index is -4.95. The summed E-state index contributed by atoms with van der Waals surface area (Å²) in [6.07, 6.45) is 57.0. The molecule has 17 nitrogen and oxygen atoms in total. The van der Waals surface area contributed by atoms with Crippen LogP contribution in [0, 0.1) is 0 Å². The van der Waals surface area contributed by atoms with Crippen molar-refractivity contribution in [2.24, 2.45) is 0 Å². The lowest BCUT2D eigenvalue weighted by molar-refractivity contribution is -0.161. The fourth-order valence-electron chi connectivity index (χ4n) is 11.2. The standard InChI is InChI=1S/C73H142O17P2/c1-5-9-13-17-21-25-28-29-30-31-32-33-34-35-36-37-38-40-44-48-52-56-60-73(78)90-69(64-84-71(76)58-54-50-46-43-39-26-22-18-14-10-6-2)66-88-92(81,82)86-62-67(74)61-85-91(79,80)87-65-68(63-83-70(75)57-53-49-45-41-24-20-16-12-8-4)89-72(77)59-55-51-47-42-27-23-19-15-11-7-3/h67-69,74H,5-66H2,1-4H3,(H,79,80)(H,81,82)/t67-,68+,69+/m0/s1. The number of esters is 4. The van der Waals surface area contributed by atoms with Gasteiger partial charge in [-0.05, 0) is 25.7 Å². The Balaban J connectivity index is 5.12. The fraction of sp³-hybridized carbons (Fsp3) is 0.945. The first-order chi connectivity index (χ1) is 44.7. The second-order valence-corrected chi connectivity index (χ2v) is 29.2. The van der Waals surface area contributed by atoms with Crippen molar-refractivity contribution >= 4 is 39.5 Å². The highest BCUT2D eigenvalue weighted by Crippen LogP contribution is 2.45. The molecule has 0 rings (SSSR count). The fourth-order valence-corrected chi connectivity index (χ4v) is 12.8. The van der Waals surface area contributed by atoms with E-state index < -0.39 is 97.5 Å². The van der Waals surface area contributed by atoms with E-state index in [9.17, 15) is 43.2 Å². The third-order valence-corrected chi connectivity index (χ3v) is 19.0. The van der Waals surface area contributed by atoms with Gasteiger partial charge in [-0.1, -0.05) is 336 Å². The maximum absolute atomic E-state index is 13.0. The Morgan fingerprint density at radius 1 is 0.261 bits per heavy atom. The van der Waals surface area contributed by atoms with E-state index in [4.69, 9.17) is 37.0 Å². The van der Waals surface area contributed by atoms with Crippen LogP contribution in [0.1, 0.15) is 387 Å². The molecule has 2 unspecified atom stereocenters. The second-order valence-electron chi connectivity index (χ2n) is 26.3. The summed E-state index contributed by atoms with van der Waals surface area (Å²) in [4.78, 5) is 72.5. The highest BCUT2D eigenvalue weighted by molar-refractivity contribution is 7.47. The van der Waals surface area contributed by atoms with E-state index in [-0.39, 0.29) is 25.7 Å². The summed E-state index contributed by atoms with van der Waals surface area (Å²) in [5, 5.41) is 10.6. The van der Waals surface area contributed by atoms with E-state index in [0.29, 0.717) is 25.7 Å². The minimum absolute atomic E-state index is 0.107. The normalized spacial score (nSPS) is 13.9. The molecule has 0 aliphatic heterocycles. The molecule has 0 aromatic heterocycles. The molecule has 0 saturated carbocycles. The molecular weight excluding hydrogens is 1210 g/mol. The van der Waals surface area contributed by atoms with Gasteiger partial charge < -0.3 is 33.8 Å². The van der Waals surface area contributed by atoms with Crippen molar-refractivity contribution in [3.63, 3.8) is 0 Å². The third kappa shape index (κ3) is 66.7. The number of phosphoric ester groups is 2. The maximum atomic E-state index is 13.0. The van der Waals surface area contributed by atoms with Gasteiger partial charge in [-0.15, -0.1) is 0 Å². The molecule has 546 valence electrons. The van der Waals surface area contributed by atoms with Crippen molar-refractivity contribution in [2.45, 2.75) is 406 Å². The molecule has 0 bridgehead atoms. The molecule has 0 heterocycles. The quantitative estimate of drug-likeness (QED) is 0.0222. The number of rotatable bonds is 74. The van der Waals surface area contributed by atoms with Crippen molar-refractivity contribution in [1.29, 1.82) is 0 Å². The van der Waals surface area contributed by atoms with Crippen LogP contribution in [0.2, 0.25) is 0 Å². The van der Waals surface area contributed by atoms with Gasteiger partial charge in [0.15, 0.2) is 12.2 Å². The minimum Gasteiger partial charge on any atom is -0.462 e. The molecule has 0 fully saturated rings. The molecule has 3 N–H and O–H groups in total. The van der Waals surface area contributed by atoms with Crippen LogP contribution < -0.4 is 0 Å². The van der Waals surface area contributed by atoms with Gasteiger partial charge in [-0.25, -0.2) is 9.13 Å². The van der Waals surface area contributed by atoms with Gasteiger partial charge in [0.25, 0.3) is 0 Å². The number of aliphatic hydroxyl groups is 1. The summed E-state index contributed by atoms with van der Waals surface area (Å²) in [6.45, 7) is 4.93. The third-order valence-electron chi connectivity index (χ3n) is 17.1. The molecule has 0 aromatic carbocycles. The highest BCUT2D eigenvalue weighted by Gasteiger charge is 2.30. The number of phosphoric acid groups is 2. The molecule has 19 heteroatoms. The van der Waals surface area contributed by atoms with Crippen LogP contribution >= 0.6 is 15.6 Å². The molecule has 92 heavy (non-hydrogen) atoms. The number of carbonyl (C=O) groups is 4. The predicted molar refractivity (Wildman–Crippen MR) is 372 cm³/mol. The summed E-state index contributed by atoms with van der Waals surface area (Å²) < 4.78 is 68.3. The summed E-state index contributed by atoms with van der Waals surface area (Å²) in [6, 6.07) is 0. The zero-order valence-corrected chi connectivity index (χ0v) is 61.3. The van der Waals surface area contributed by atoms with Gasteiger partial charge in [0.1, 0.15) is 19.3 Å². The number of ether oxygens (including phenoxy) is 4. The molecule has 0 spiro atoms. The van der Waals surface area contributed by atoms with Crippen LogP contribution in [0.5, 0.6) is 0 Å². The molecule has 0 saturated heterocycles. The molecule has 0 amide bonds. The summed E-state index contributed by atoms with van der Waals surface area (Å²) in [7, 11) is -9.90. The Labute approximate surface area is 562 Å².